The number of thioether (sulfide) groups is 1. The molecule has 1 aliphatic carbocycles. The van der Waals surface area contributed by atoms with E-state index in [-0.39, 0.29) is 34.3 Å². The van der Waals surface area contributed by atoms with E-state index in [2.05, 4.69) is 21.6 Å². The fourth-order valence-corrected chi connectivity index (χ4v) is 7.13. The Morgan fingerprint density at radius 3 is 2.48 bits per heavy atom. The van der Waals surface area contributed by atoms with E-state index in [4.69, 9.17) is 19.9 Å². The van der Waals surface area contributed by atoms with Gasteiger partial charge in [0.2, 0.25) is 11.0 Å². The van der Waals surface area contributed by atoms with Crippen LogP contribution in [0.2, 0.25) is 0 Å². The normalized spacial score (nSPS) is 17.6. The fraction of sp³-hybridized carbons (Fsp3) is 0.323. The number of nitrogens with two attached hydrogens (primary N) is 1. The van der Waals surface area contributed by atoms with Crippen LogP contribution in [-0.2, 0) is 9.59 Å². The number of nitriles is 1. The zero-order chi connectivity index (χ0) is 31.6. The molecule has 0 spiro atoms. The molecule has 2 heterocycles. The van der Waals surface area contributed by atoms with Gasteiger partial charge in [0, 0.05) is 35.0 Å². The summed E-state index contributed by atoms with van der Waals surface area (Å²) in [7, 11) is 4.67. The highest BCUT2D eigenvalue weighted by Crippen LogP contribution is 2.52. The minimum absolute atomic E-state index is 0.0707. The Hall–Kier alpha value is -4.54. The van der Waals surface area contributed by atoms with E-state index in [0.29, 0.717) is 62.1 Å². The molecule has 1 unspecified atom stereocenters. The summed E-state index contributed by atoms with van der Waals surface area (Å²) in [5, 5.41) is 22.3. The molecule has 0 fully saturated rings. The molecule has 44 heavy (non-hydrogen) atoms. The Kier molecular flexibility index (Phi) is 8.85. The minimum atomic E-state index is -0.723. The maximum absolute atomic E-state index is 13.9. The van der Waals surface area contributed by atoms with Gasteiger partial charge in [0.05, 0.1) is 44.6 Å². The second-order valence-corrected chi connectivity index (χ2v) is 13.2. The molecule has 1 aromatic heterocycles. The summed E-state index contributed by atoms with van der Waals surface area (Å²) in [6, 6.07) is 14.6. The van der Waals surface area contributed by atoms with Crippen molar-refractivity contribution in [2.45, 2.75) is 36.9 Å². The number of Topliss-reactive ketones (excluding diaryl/α,β-unsaturated/α-hetero) is 1. The maximum Gasteiger partial charge on any atom is 0.234 e. The predicted molar refractivity (Wildman–Crippen MR) is 169 cm³/mol. The van der Waals surface area contributed by atoms with Crippen molar-refractivity contribution in [3.05, 3.63) is 70.7 Å². The molecule has 0 radical (unpaired) electrons. The standard InChI is InChI=1S/C31H32N6O5S2/c1-31(2)13-22-27(23(38)14-31)26(20-11-10-19(41-4)12-24(20)42-5)21(15-32)28(33)37(22)29-35-36-30(44-29)43-16-25(39)34-17-6-8-18(40-3)9-7-17/h6-12,26H,13-14,16,33H2,1-5H3,(H,34,39). The third kappa shape index (κ3) is 6.09. The zero-order valence-corrected chi connectivity index (χ0v) is 26.6. The molecular weight excluding hydrogens is 601 g/mol. The zero-order valence-electron chi connectivity index (χ0n) is 25.0. The van der Waals surface area contributed by atoms with Crippen LogP contribution in [-0.4, -0.2) is 49.0 Å². The van der Waals surface area contributed by atoms with E-state index in [1.165, 1.54) is 30.2 Å². The number of nitrogens with one attached hydrogen (secondary N) is 1. The molecule has 1 amide bonds. The Bertz CT molecular complexity index is 1710. The van der Waals surface area contributed by atoms with Gasteiger partial charge >= 0.3 is 0 Å². The number of ketones is 1. The third-order valence-electron chi connectivity index (χ3n) is 7.42. The van der Waals surface area contributed by atoms with Gasteiger partial charge in [0.1, 0.15) is 23.1 Å². The number of rotatable bonds is 9. The van der Waals surface area contributed by atoms with Crippen molar-refractivity contribution >= 4 is 45.6 Å². The molecule has 228 valence electrons. The Morgan fingerprint density at radius 1 is 1.11 bits per heavy atom. The summed E-state index contributed by atoms with van der Waals surface area (Å²) < 4.78 is 16.7. The van der Waals surface area contributed by atoms with E-state index in [0.717, 1.165) is 0 Å². The maximum atomic E-state index is 13.9. The lowest BCUT2D eigenvalue weighted by molar-refractivity contribution is -0.118. The Labute approximate surface area is 263 Å². The van der Waals surface area contributed by atoms with Crippen LogP contribution in [0.4, 0.5) is 10.8 Å². The number of carbonyl (C=O) groups excluding carboxylic acids is 2. The SMILES string of the molecule is COc1ccc(NC(=O)CSc2nnc(N3C(N)=C(C#N)C(c4ccc(OC)cc4OC)C4=C3CC(C)(C)CC4=O)s2)cc1. The van der Waals surface area contributed by atoms with Crippen molar-refractivity contribution in [3.8, 4) is 23.3 Å². The first-order valence-corrected chi connectivity index (χ1v) is 15.5. The summed E-state index contributed by atoms with van der Waals surface area (Å²) in [6.45, 7) is 4.05. The summed E-state index contributed by atoms with van der Waals surface area (Å²) >= 11 is 2.47. The molecule has 5 rings (SSSR count). The summed E-state index contributed by atoms with van der Waals surface area (Å²) in [4.78, 5) is 28.1. The molecule has 2 aromatic carbocycles. The van der Waals surface area contributed by atoms with Crippen molar-refractivity contribution in [1.82, 2.24) is 10.2 Å². The van der Waals surface area contributed by atoms with Gasteiger partial charge in [-0.1, -0.05) is 43.0 Å². The van der Waals surface area contributed by atoms with Gasteiger partial charge in [-0.05, 0) is 42.2 Å². The molecule has 1 aliphatic heterocycles. The second-order valence-electron chi connectivity index (χ2n) is 11.0. The lowest BCUT2D eigenvalue weighted by Crippen LogP contribution is -2.42. The number of nitrogens with zero attached hydrogens (tertiary/aromatic N) is 4. The number of aromatic nitrogens is 2. The van der Waals surface area contributed by atoms with Crippen molar-refractivity contribution in [2.75, 3.05) is 37.3 Å². The number of carbonyl (C=O) groups is 2. The first-order chi connectivity index (χ1) is 21.1. The molecule has 0 saturated carbocycles. The van der Waals surface area contributed by atoms with Crippen LogP contribution in [0.3, 0.4) is 0 Å². The molecule has 3 aromatic rings. The van der Waals surface area contributed by atoms with Gasteiger partial charge in [-0.25, -0.2) is 0 Å². The largest absolute Gasteiger partial charge is 0.497 e. The molecule has 0 bridgehead atoms. The van der Waals surface area contributed by atoms with Crippen LogP contribution in [0, 0.1) is 16.7 Å². The van der Waals surface area contributed by atoms with Gasteiger partial charge in [0.15, 0.2) is 10.1 Å². The van der Waals surface area contributed by atoms with E-state index in [1.54, 1.807) is 61.6 Å². The number of anilines is 2. The van der Waals surface area contributed by atoms with Crippen LogP contribution in [0.5, 0.6) is 17.2 Å². The fourth-order valence-electron chi connectivity index (χ4n) is 5.45. The van der Waals surface area contributed by atoms with Gasteiger partial charge in [-0.15, -0.1) is 10.2 Å². The van der Waals surface area contributed by atoms with Crippen molar-refractivity contribution in [2.24, 2.45) is 11.1 Å². The van der Waals surface area contributed by atoms with Crippen LogP contribution in [0.1, 0.15) is 38.2 Å². The van der Waals surface area contributed by atoms with Gasteiger partial charge in [-0.2, -0.15) is 5.26 Å². The number of benzene rings is 2. The molecule has 11 nitrogen and oxygen atoms in total. The molecule has 13 heteroatoms. The van der Waals surface area contributed by atoms with Crippen LogP contribution in [0.15, 0.2) is 69.5 Å². The van der Waals surface area contributed by atoms with E-state index in [9.17, 15) is 14.9 Å². The van der Waals surface area contributed by atoms with Gasteiger partial charge in [-0.3, -0.25) is 14.5 Å². The highest BCUT2D eigenvalue weighted by atomic mass is 32.2. The number of hydrogen-bond donors (Lipinski definition) is 2. The first kappa shape index (κ1) is 30.9. The van der Waals surface area contributed by atoms with Gasteiger partial charge < -0.3 is 25.3 Å². The molecule has 1 atom stereocenters. The van der Waals surface area contributed by atoms with E-state index in [1.807, 2.05) is 13.8 Å². The smallest absolute Gasteiger partial charge is 0.234 e. The number of ether oxygens (including phenoxy) is 3. The molecule has 3 N–H and O–H groups in total. The first-order valence-electron chi connectivity index (χ1n) is 13.7. The van der Waals surface area contributed by atoms with E-state index >= 15 is 0 Å². The quantitative estimate of drug-likeness (QED) is 0.298. The molecule has 2 aliphatic rings. The topological polar surface area (TPSA) is 153 Å². The third-order valence-corrected chi connectivity index (χ3v) is 9.46. The van der Waals surface area contributed by atoms with E-state index < -0.39 is 5.92 Å². The highest BCUT2D eigenvalue weighted by molar-refractivity contribution is 8.01. The average molecular weight is 633 g/mol. The van der Waals surface area contributed by atoms with Gasteiger partial charge in [0.25, 0.3) is 0 Å². The van der Waals surface area contributed by atoms with Crippen molar-refractivity contribution < 1.29 is 23.8 Å². The summed E-state index contributed by atoms with van der Waals surface area (Å²) in [5.74, 6) is 1.04. The predicted octanol–water partition coefficient (Wildman–Crippen LogP) is 5.24. The minimum Gasteiger partial charge on any atom is -0.497 e. The van der Waals surface area contributed by atoms with Crippen LogP contribution >= 0.6 is 23.1 Å². The molecule has 0 saturated heterocycles. The van der Waals surface area contributed by atoms with Crippen LogP contribution < -0.4 is 30.2 Å². The number of amides is 1. The number of methoxy groups -OCH3 is 3. The Balaban J connectivity index is 1.47. The summed E-state index contributed by atoms with van der Waals surface area (Å²) in [6.07, 6.45) is 0.836. The average Bonchev–Trinajstić information content (AvgIpc) is 3.47. The second kappa shape index (κ2) is 12.6. The summed E-state index contributed by atoms with van der Waals surface area (Å²) in [5.41, 5.74) is 9.07. The molecular formula is C31H32N6O5S2. The monoisotopic (exact) mass is 632 g/mol. The lowest BCUT2D eigenvalue weighted by atomic mass is 9.68. The number of hydrogen-bond acceptors (Lipinski definition) is 12. The van der Waals surface area contributed by atoms with Crippen molar-refractivity contribution in [3.63, 3.8) is 0 Å². The van der Waals surface area contributed by atoms with Crippen molar-refractivity contribution in [1.29, 1.82) is 5.26 Å². The highest BCUT2D eigenvalue weighted by Gasteiger charge is 2.46. The Morgan fingerprint density at radius 2 is 1.82 bits per heavy atom. The lowest BCUT2D eigenvalue weighted by Gasteiger charge is -2.42. The number of allylic oxidation sites excluding steroid dienone is 3. The van der Waals surface area contributed by atoms with Crippen LogP contribution in [0.25, 0.3) is 0 Å².